The van der Waals surface area contributed by atoms with Crippen molar-refractivity contribution in [3.63, 3.8) is 0 Å². The Bertz CT molecular complexity index is 997. The molecule has 30 heavy (non-hydrogen) atoms. The van der Waals surface area contributed by atoms with Crippen LogP contribution in [-0.4, -0.2) is 31.2 Å². The van der Waals surface area contributed by atoms with Gasteiger partial charge in [0.2, 0.25) is 0 Å². The summed E-state index contributed by atoms with van der Waals surface area (Å²) in [6.45, 7) is 2.43. The Morgan fingerprint density at radius 1 is 1.07 bits per heavy atom. The highest BCUT2D eigenvalue weighted by Gasteiger charge is 2.32. The number of halogens is 4. The first kappa shape index (κ1) is 21.3. The molecule has 1 saturated heterocycles. The third kappa shape index (κ3) is 4.94. The molecule has 2 aromatic rings. The summed E-state index contributed by atoms with van der Waals surface area (Å²) >= 11 is 6.04. The molecule has 2 heterocycles. The summed E-state index contributed by atoms with van der Waals surface area (Å²) in [4.78, 5) is 7.93. The molecule has 1 N–H and O–H groups in total. The number of aromatic nitrogens is 1. The largest absolute Gasteiger partial charge is 0.417 e. The molecule has 0 radical (unpaired) electrons. The fourth-order valence-electron chi connectivity index (χ4n) is 3.01. The summed E-state index contributed by atoms with van der Waals surface area (Å²) in [7, 11) is 0. The quantitative estimate of drug-likeness (QED) is 0.720. The average molecular weight is 433 g/mol. The molecule has 1 aliphatic heterocycles. The van der Waals surface area contributed by atoms with Gasteiger partial charge in [-0.3, -0.25) is 0 Å². The van der Waals surface area contributed by atoms with Crippen LogP contribution in [0.5, 0.6) is 0 Å². The third-order valence-electron chi connectivity index (χ3n) is 4.58. The van der Waals surface area contributed by atoms with Crippen molar-refractivity contribution in [2.45, 2.75) is 6.18 Å². The molecule has 0 spiro atoms. The van der Waals surface area contributed by atoms with Gasteiger partial charge in [0, 0.05) is 50.0 Å². The molecule has 0 bridgehead atoms. The van der Waals surface area contributed by atoms with Gasteiger partial charge >= 0.3 is 6.18 Å². The molecule has 6 nitrogen and oxygen atoms in total. The molecule has 1 aromatic carbocycles. The van der Waals surface area contributed by atoms with E-state index in [-0.39, 0.29) is 10.6 Å². The topological polar surface area (TPSA) is 79.0 Å². The number of nitrogens with one attached hydrogen (secondary N) is 1. The van der Waals surface area contributed by atoms with Crippen molar-refractivity contribution >= 4 is 28.8 Å². The van der Waals surface area contributed by atoms with Crippen LogP contribution in [0.2, 0.25) is 5.02 Å². The van der Waals surface area contributed by atoms with Crippen molar-refractivity contribution in [2.75, 3.05) is 41.3 Å². The Kier molecular flexibility index (Phi) is 6.34. The average Bonchev–Trinajstić information content (AvgIpc) is 2.74. The molecule has 0 atom stereocenters. The van der Waals surface area contributed by atoms with Crippen LogP contribution in [0.15, 0.2) is 48.3 Å². The summed E-state index contributed by atoms with van der Waals surface area (Å²) in [5, 5.41) is 20.3. The number of pyridine rings is 1. The Hall–Kier alpha value is -3.43. The van der Waals surface area contributed by atoms with Crippen molar-refractivity contribution in [1.82, 2.24) is 4.98 Å². The van der Waals surface area contributed by atoms with Crippen molar-refractivity contribution in [3.8, 4) is 12.1 Å². The van der Waals surface area contributed by atoms with Crippen LogP contribution in [0.25, 0.3) is 0 Å². The van der Waals surface area contributed by atoms with E-state index in [1.165, 1.54) is 6.20 Å². The van der Waals surface area contributed by atoms with E-state index in [4.69, 9.17) is 22.1 Å². The fraction of sp³-hybridized carbons (Fsp3) is 0.250. The number of nitrogens with zero attached hydrogens (tertiary/aromatic N) is 5. The second-order valence-electron chi connectivity index (χ2n) is 6.47. The minimum absolute atomic E-state index is 0.0177. The first-order chi connectivity index (χ1) is 14.3. The summed E-state index contributed by atoms with van der Waals surface area (Å²) in [6.07, 6.45) is -2.33. The second-order valence-corrected chi connectivity index (χ2v) is 6.88. The lowest BCUT2D eigenvalue weighted by Crippen LogP contribution is -2.47. The van der Waals surface area contributed by atoms with Gasteiger partial charge in [0.1, 0.15) is 23.5 Å². The van der Waals surface area contributed by atoms with E-state index in [0.29, 0.717) is 32.0 Å². The number of nitriles is 2. The van der Waals surface area contributed by atoms with E-state index >= 15 is 0 Å². The third-order valence-corrected chi connectivity index (χ3v) is 4.86. The van der Waals surface area contributed by atoms with Crippen LogP contribution in [0.1, 0.15) is 5.56 Å². The van der Waals surface area contributed by atoms with Gasteiger partial charge in [-0.05, 0) is 30.3 Å². The number of hydrogen-bond acceptors (Lipinski definition) is 6. The summed E-state index contributed by atoms with van der Waals surface area (Å²) < 4.78 is 38.3. The minimum Gasteiger partial charge on any atom is -0.368 e. The SMILES string of the molecule is N#CC(C#N)=CNc1ccc(N2CCN(c3ncc(C(F)(F)F)cc3Cl)CC2)cc1. The lowest BCUT2D eigenvalue weighted by atomic mass is 10.2. The van der Waals surface area contributed by atoms with Crippen LogP contribution >= 0.6 is 11.6 Å². The first-order valence-corrected chi connectivity index (χ1v) is 9.29. The zero-order chi connectivity index (χ0) is 21.7. The van der Waals surface area contributed by atoms with Gasteiger partial charge in [-0.2, -0.15) is 23.7 Å². The van der Waals surface area contributed by atoms with E-state index < -0.39 is 11.7 Å². The molecule has 10 heteroatoms. The summed E-state index contributed by atoms with van der Waals surface area (Å²) in [6, 6.07) is 11.9. The smallest absolute Gasteiger partial charge is 0.368 e. The highest BCUT2D eigenvalue weighted by molar-refractivity contribution is 6.33. The fourth-order valence-corrected chi connectivity index (χ4v) is 3.29. The monoisotopic (exact) mass is 432 g/mol. The van der Waals surface area contributed by atoms with E-state index in [0.717, 1.165) is 23.6 Å². The van der Waals surface area contributed by atoms with Crippen molar-refractivity contribution in [3.05, 3.63) is 58.9 Å². The van der Waals surface area contributed by atoms with Gasteiger partial charge in [0.15, 0.2) is 0 Å². The van der Waals surface area contributed by atoms with Gasteiger partial charge < -0.3 is 15.1 Å². The molecular formula is C20H16ClF3N6. The van der Waals surface area contributed by atoms with Gasteiger partial charge in [-0.15, -0.1) is 0 Å². The van der Waals surface area contributed by atoms with Crippen LogP contribution in [-0.2, 0) is 6.18 Å². The predicted molar refractivity (Wildman–Crippen MR) is 108 cm³/mol. The zero-order valence-corrected chi connectivity index (χ0v) is 16.4. The summed E-state index contributed by atoms with van der Waals surface area (Å²) in [5.41, 5.74) is 0.832. The van der Waals surface area contributed by atoms with Gasteiger partial charge in [-0.1, -0.05) is 11.6 Å². The van der Waals surface area contributed by atoms with E-state index in [9.17, 15) is 13.2 Å². The number of allylic oxidation sites excluding steroid dienone is 1. The molecule has 0 saturated carbocycles. The Morgan fingerprint density at radius 2 is 1.67 bits per heavy atom. The molecule has 0 aliphatic carbocycles. The molecule has 154 valence electrons. The molecule has 0 amide bonds. The molecule has 1 aromatic heterocycles. The maximum atomic E-state index is 12.8. The Labute approximate surface area is 176 Å². The lowest BCUT2D eigenvalue weighted by Gasteiger charge is -2.37. The van der Waals surface area contributed by atoms with Gasteiger partial charge in [0.05, 0.1) is 10.6 Å². The number of alkyl halides is 3. The molecule has 1 fully saturated rings. The summed E-state index contributed by atoms with van der Waals surface area (Å²) in [5.74, 6) is 0.349. The molecule has 3 rings (SSSR count). The van der Waals surface area contributed by atoms with Crippen molar-refractivity contribution < 1.29 is 13.2 Å². The zero-order valence-electron chi connectivity index (χ0n) is 15.6. The molecule has 1 aliphatic rings. The highest BCUT2D eigenvalue weighted by Crippen LogP contribution is 2.34. The van der Waals surface area contributed by atoms with Crippen LogP contribution in [0.3, 0.4) is 0 Å². The van der Waals surface area contributed by atoms with Gasteiger partial charge in [-0.25, -0.2) is 4.98 Å². The standard InChI is InChI=1S/C20H16ClF3N6/c21-18-9-15(20(22,23)24)13-28-19(18)30-7-5-29(6-8-30)17-3-1-16(2-4-17)27-12-14(10-25)11-26/h1-4,9,12-13,27H,5-8H2. The Morgan fingerprint density at radius 3 is 2.20 bits per heavy atom. The van der Waals surface area contributed by atoms with E-state index in [2.05, 4.69) is 15.2 Å². The van der Waals surface area contributed by atoms with Crippen LogP contribution in [0.4, 0.5) is 30.4 Å². The Balaban J connectivity index is 1.61. The maximum Gasteiger partial charge on any atom is 0.417 e. The first-order valence-electron chi connectivity index (χ1n) is 8.91. The number of hydrogen-bond donors (Lipinski definition) is 1. The van der Waals surface area contributed by atoms with Crippen molar-refractivity contribution in [1.29, 1.82) is 10.5 Å². The molecule has 0 unspecified atom stereocenters. The highest BCUT2D eigenvalue weighted by atomic mass is 35.5. The number of rotatable bonds is 4. The number of anilines is 3. The van der Waals surface area contributed by atoms with Gasteiger partial charge in [0.25, 0.3) is 0 Å². The van der Waals surface area contributed by atoms with Crippen LogP contribution in [0, 0.1) is 22.7 Å². The number of piperazine rings is 1. The number of benzene rings is 1. The minimum atomic E-state index is -4.48. The normalized spacial score (nSPS) is 13.9. The van der Waals surface area contributed by atoms with Crippen molar-refractivity contribution in [2.24, 2.45) is 0 Å². The maximum absolute atomic E-state index is 12.8. The van der Waals surface area contributed by atoms with E-state index in [1.54, 1.807) is 12.1 Å². The second kappa shape index (κ2) is 8.93. The van der Waals surface area contributed by atoms with E-state index in [1.807, 2.05) is 29.2 Å². The predicted octanol–water partition coefficient (Wildman–Crippen LogP) is 4.42. The molecular weight excluding hydrogens is 417 g/mol. The lowest BCUT2D eigenvalue weighted by molar-refractivity contribution is -0.137. The van der Waals surface area contributed by atoms with Crippen LogP contribution < -0.4 is 15.1 Å².